The van der Waals surface area contributed by atoms with Gasteiger partial charge in [-0.25, -0.2) is 0 Å². The van der Waals surface area contributed by atoms with Crippen molar-refractivity contribution < 1.29 is 4.74 Å². The van der Waals surface area contributed by atoms with Gasteiger partial charge in [0.15, 0.2) is 0 Å². The summed E-state index contributed by atoms with van der Waals surface area (Å²) in [5, 5.41) is 0. The summed E-state index contributed by atoms with van der Waals surface area (Å²) in [7, 11) is 0. The number of fused-ring (bicyclic) bond motifs is 1. The molecule has 1 saturated carbocycles. The van der Waals surface area contributed by atoms with E-state index >= 15 is 0 Å². The SMILES string of the molecule is CCOc1nc2c(C)cc(Br)cc2n1CC1CC1. The van der Waals surface area contributed by atoms with E-state index in [0.717, 1.165) is 28.5 Å². The molecule has 2 aromatic rings. The number of hydrogen-bond acceptors (Lipinski definition) is 2. The minimum absolute atomic E-state index is 0.661. The van der Waals surface area contributed by atoms with Crippen molar-refractivity contribution >= 4 is 27.0 Å². The van der Waals surface area contributed by atoms with Crippen molar-refractivity contribution in [1.29, 1.82) is 0 Å². The average Bonchev–Trinajstić information content (AvgIpc) is 3.06. The van der Waals surface area contributed by atoms with Crippen molar-refractivity contribution in [3.8, 4) is 6.01 Å². The van der Waals surface area contributed by atoms with Crippen molar-refractivity contribution in [2.45, 2.75) is 33.2 Å². The van der Waals surface area contributed by atoms with Gasteiger partial charge in [0.2, 0.25) is 0 Å². The van der Waals surface area contributed by atoms with E-state index in [2.05, 4.69) is 44.5 Å². The van der Waals surface area contributed by atoms with Crippen LogP contribution in [-0.4, -0.2) is 16.2 Å². The Morgan fingerprint density at radius 3 is 2.89 bits per heavy atom. The molecular formula is C14H17BrN2O. The van der Waals surface area contributed by atoms with Crippen LogP contribution in [0, 0.1) is 12.8 Å². The topological polar surface area (TPSA) is 27.1 Å². The summed E-state index contributed by atoms with van der Waals surface area (Å²) in [5.74, 6) is 0.806. The third-order valence-electron chi connectivity index (χ3n) is 3.39. The molecule has 0 unspecified atom stereocenters. The van der Waals surface area contributed by atoms with Gasteiger partial charge in [-0.05, 0) is 50.3 Å². The first kappa shape index (κ1) is 12.0. The van der Waals surface area contributed by atoms with Crippen LogP contribution in [0.3, 0.4) is 0 Å². The van der Waals surface area contributed by atoms with Crippen molar-refractivity contribution in [3.05, 3.63) is 22.2 Å². The fourth-order valence-corrected chi connectivity index (χ4v) is 2.86. The monoisotopic (exact) mass is 308 g/mol. The highest BCUT2D eigenvalue weighted by Gasteiger charge is 2.25. The summed E-state index contributed by atoms with van der Waals surface area (Å²) < 4.78 is 9.02. The van der Waals surface area contributed by atoms with Gasteiger partial charge in [0, 0.05) is 11.0 Å². The molecule has 0 spiro atoms. The van der Waals surface area contributed by atoms with E-state index in [1.165, 1.54) is 23.9 Å². The zero-order chi connectivity index (χ0) is 12.7. The second kappa shape index (κ2) is 4.57. The first-order valence-electron chi connectivity index (χ1n) is 6.48. The molecule has 1 heterocycles. The molecule has 0 N–H and O–H groups in total. The molecule has 0 saturated heterocycles. The van der Waals surface area contributed by atoms with Crippen LogP contribution >= 0.6 is 15.9 Å². The number of ether oxygens (including phenoxy) is 1. The normalized spacial score (nSPS) is 15.3. The molecule has 1 aliphatic carbocycles. The van der Waals surface area contributed by atoms with E-state index < -0.39 is 0 Å². The summed E-state index contributed by atoms with van der Waals surface area (Å²) in [6.07, 6.45) is 2.66. The van der Waals surface area contributed by atoms with Crippen LogP contribution in [-0.2, 0) is 6.54 Å². The van der Waals surface area contributed by atoms with E-state index in [9.17, 15) is 0 Å². The highest BCUT2D eigenvalue weighted by molar-refractivity contribution is 9.10. The number of halogens is 1. The quantitative estimate of drug-likeness (QED) is 0.856. The fourth-order valence-electron chi connectivity index (χ4n) is 2.30. The van der Waals surface area contributed by atoms with E-state index in [1.54, 1.807) is 0 Å². The standard InChI is InChI=1S/C14H17BrN2O/c1-3-18-14-16-13-9(2)6-11(15)7-12(13)17(14)8-10-4-5-10/h6-7,10H,3-5,8H2,1-2H3. The van der Waals surface area contributed by atoms with Crippen LogP contribution in [0.2, 0.25) is 0 Å². The number of nitrogens with zero attached hydrogens (tertiary/aromatic N) is 2. The highest BCUT2D eigenvalue weighted by Crippen LogP contribution is 2.35. The Labute approximate surface area is 115 Å². The molecule has 4 heteroatoms. The van der Waals surface area contributed by atoms with Crippen molar-refractivity contribution in [2.24, 2.45) is 5.92 Å². The second-order valence-electron chi connectivity index (χ2n) is 4.97. The molecule has 3 rings (SSSR count). The third kappa shape index (κ3) is 2.14. The third-order valence-corrected chi connectivity index (χ3v) is 3.84. The van der Waals surface area contributed by atoms with E-state index in [-0.39, 0.29) is 0 Å². The highest BCUT2D eigenvalue weighted by atomic mass is 79.9. The zero-order valence-electron chi connectivity index (χ0n) is 10.7. The van der Waals surface area contributed by atoms with E-state index in [4.69, 9.17) is 4.74 Å². The van der Waals surface area contributed by atoms with E-state index in [1.807, 2.05) is 6.92 Å². The predicted octanol–water partition coefficient (Wildman–Crippen LogP) is 3.92. The van der Waals surface area contributed by atoms with Gasteiger partial charge in [-0.2, -0.15) is 4.98 Å². The number of benzene rings is 1. The van der Waals surface area contributed by atoms with Crippen LogP contribution < -0.4 is 4.74 Å². The average molecular weight is 309 g/mol. The summed E-state index contributed by atoms with van der Waals surface area (Å²) in [6.45, 7) is 5.79. The largest absolute Gasteiger partial charge is 0.465 e. The maximum absolute atomic E-state index is 5.68. The predicted molar refractivity (Wildman–Crippen MR) is 76.1 cm³/mol. The molecule has 3 nitrogen and oxygen atoms in total. The molecule has 1 fully saturated rings. The second-order valence-corrected chi connectivity index (χ2v) is 5.89. The van der Waals surface area contributed by atoms with Crippen LogP contribution in [0.25, 0.3) is 11.0 Å². The molecule has 1 aromatic carbocycles. The summed E-state index contributed by atoms with van der Waals surface area (Å²) in [4.78, 5) is 4.64. The Kier molecular flexibility index (Phi) is 3.06. The Balaban J connectivity index is 2.15. The molecule has 0 amide bonds. The summed E-state index contributed by atoms with van der Waals surface area (Å²) >= 11 is 3.57. The lowest BCUT2D eigenvalue weighted by Crippen LogP contribution is -2.05. The Bertz CT molecular complexity index is 587. The zero-order valence-corrected chi connectivity index (χ0v) is 12.3. The lowest BCUT2D eigenvalue weighted by Gasteiger charge is -2.08. The van der Waals surface area contributed by atoms with Gasteiger partial charge in [-0.1, -0.05) is 15.9 Å². The maximum Gasteiger partial charge on any atom is 0.297 e. The number of rotatable bonds is 4. The Morgan fingerprint density at radius 2 is 2.22 bits per heavy atom. The van der Waals surface area contributed by atoms with Gasteiger partial charge < -0.3 is 4.74 Å². The molecule has 1 aliphatic rings. The number of imidazole rings is 1. The number of aromatic nitrogens is 2. The lowest BCUT2D eigenvalue weighted by molar-refractivity contribution is 0.296. The smallest absolute Gasteiger partial charge is 0.297 e. The van der Waals surface area contributed by atoms with Gasteiger partial charge >= 0.3 is 0 Å². The van der Waals surface area contributed by atoms with E-state index in [0.29, 0.717) is 6.61 Å². The van der Waals surface area contributed by atoms with Crippen molar-refractivity contribution in [3.63, 3.8) is 0 Å². The van der Waals surface area contributed by atoms with Gasteiger partial charge in [0.05, 0.1) is 17.6 Å². The fraction of sp³-hybridized carbons (Fsp3) is 0.500. The van der Waals surface area contributed by atoms with Crippen molar-refractivity contribution in [1.82, 2.24) is 9.55 Å². The van der Waals surface area contributed by atoms with Crippen LogP contribution in [0.1, 0.15) is 25.3 Å². The Hall–Kier alpha value is -1.03. The molecule has 1 aromatic heterocycles. The first-order chi connectivity index (χ1) is 8.69. The van der Waals surface area contributed by atoms with Crippen LogP contribution in [0.5, 0.6) is 6.01 Å². The molecule has 0 atom stereocenters. The van der Waals surface area contributed by atoms with Crippen LogP contribution in [0.4, 0.5) is 0 Å². The molecule has 0 aliphatic heterocycles. The van der Waals surface area contributed by atoms with Gasteiger partial charge in [-0.15, -0.1) is 0 Å². The molecule has 0 radical (unpaired) electrons. The van der Waals surface area contributed by atoms with Gasteiger partial charge in [0.1, 0.15) is 0 Å². The van der Waals surface area contributed by atoms with Crippen LogP contribution in [0.15, 0.2) is 16.6 Å². The number of hydrogen-bond donors (Lipinski definition) is 0. The van der Waals surface area contributed by atoms with Gasteiger partial charge in [-0.3, -0.25) is 4.57 Å². The lowest BCUT2D eigenvalue weighted by atomic mass is 10.2. The molecular weight excluding hydrogens is 292 g/mol. The maximum atomic E-state index is 5.68. The summed E-state index contributed by atoms with van der Waals surface area (Å²) in [6, 6.07) is 5.01. The Morgan fingerprint density at radius 1 is 1.44 bits per heavy atom. The summed E-state index contributed by atoms with van der Waals surface area (Å²) in [5.41, 5.74) is 3.43. The first-order valence-corrected chi connectivity index (χ1v) is 7.27. The molecule has 96 valence electrons. The minimum atomic E-state index is 0.661. The molecule has 0 bridgehead atoms. The van der Waals surface area contributed by atoms with Gasteiger partial charge in [0.25, 0.3) is 6.01 Å². The molecule has 18 heavy (non-hydrogen) atoms. The number of aryl methyl sites for hydroxylation is 1. The minimum Gasteiger partial charge on any atom is -0.465 e. The van der Waals surface area contributed by atoms with Crippen molar-refractivity contribution in [2.75, 3.05) is 6.61 Å².